The molecule has 2 aliphatic carbocycles. The highest BCUT2D eigenvalue weighted by Gasteiger charge is 2.61. The Kier molecular flexibility index (Phi) is 4.02. The van der Waals surface area contributed by atoms with Crippen LogP contribution in [0.3, 0.4) is 0 Å². The van der Waals surface area contributed by atoms with Crippen molar-refractivity contribution in [2.45, 2.75) is 50.5 Å². The molecule has 1 aromatic rings. The highest BCUT2D eigenvalue weighted by Crippen LogP contribution is 2.61. The number of rotatable bonds is 5. The molecule has 22 heavy (non-hydrogen) atoms. The lowest BCUT2D eigenvalue weighted by molar-refractivity contribution is -0.142. The predicted octanol–water partition coefficient (Wildman–Crippen LogP) is 3.02. The van der Waals surface area contributed by atoms with Crippen LogP contribution in [-0.2, 0) is 21.4 Å². The predicted molar refractivity (Wildman–Crippen MR) is 86.7 cm³/mol. The third-order valence-corrected chi connectivity index (χ3v) is 5.52. The van der Waals surface area contributed by atoms with Gasteiger partial charge in [-0.25, -0.2) is 4.79 Å². The Morgan fingerprint density at radius 3 is 2.95 bits per heavy atom. The summed E-state index contributed by atoms with van der Waals surface area (Å²) in [5.74, 6) is -1.12. The largest absolute Gasteiger partial charge is 0.480 e. The second-order valence-electron chi connectivity index (χ2n) is 6.40. The zero-order chi connectivity index (χ0) is 15.9. The van der Waals surface area contributed by atoms with Crippen LogP contribution < -0.4 is 5.32 Å². The molecule has 3 rings (SSSR count). The first-order chi connectivity index (χ1) is 10.5. The van der Waals surface area contributed by atoms with Gasteiger partial charge in [0.1, 0.15) is 6.04 Å². The van der Waals surface area contributed by atoms with Gasteiger partial charge in [-0.1, -0.05) is 35.3 Å². The summed E-state index contributed by atoms with van der Waals surface area (Å²) in [5, 5.41) is 11.9. The van der Waals surface area contributed by atoms with E-state index in [1.165, 1.54) is 11.1 Å². The first-order valence-electron chi connectivity index (χ1n) is 7.80. The highest BCUT2D eigenvalue weighted by atomic mass is 79.9. The number of amides is 1. The molecule has 0 heterocycles. The SMILES string of the molecule is CCCC(NC(=O)C1CC12CCc1cc(Br)ccc12)C(=O)O. The highest BCUT2D eigenvalue weighted by molar-refractivity contribution is 9.10. The smallest absolute Gasteiger partial charge is 0.326 e. The molecule has 0 saturated heterocycles. The van der Waals surface area contributed by atoms with Crippen molar-refractivity contribution in [3.05, 3.63) is 33.8 Å². The molecular formula is C17H20BrNO3. The van der Waals surface area contributed by atoms with Crippen LogP contribution in [0.4, 0.5) is 0 Å². The number of carboxylic acids is 1. The minimum absolute atomic E-state index is 0.0462. The molecule has 1 saturated carbocycles. The number of aryl methyl sites for hydroxylation is 1. The Hall–Kier alpha value is -1.36. The van der Waals surface area contributed by atoms with E-state index in [0.717, 1.165) is 30.2 Å². The number of carbonyl (C=O) groups is 2. The molecule has 1 fully saturated rings. The van der Waals surface area contributed by atoms with E-state index in [4.69, 9.17) is 0 Å². The van der Waals surface area contributed by atoms with Gasteiger partial charge in [-0.3, -0.25) is 4.79 Å². The average molecular weight is 366 g/mol. The van der Waals surface area contributed by atoms with Crippen molar-refractivity contribution in [3.8, 4) is 0 Å². The molecule has 0 radical (unpaired) electrons. The second-order valence-corrected chi connectivity index (χ2v) is 7.32. The van der Waals surface area contributed by atoms with E-state index in [2.05, 4.69) is 33.4 Å². The summed E-state index contributed by atoms with van der Waals surface area (Å²) in [6.45, 7) is 1.92. The lowest BCUT2D eigenvalue weighted by Crippen LogP contribution is -2.42. The Morgan fingerprint density at radius 1 is 1.50 bits per heavy atom. The Balaban J connectivity index is 1.72. The van der Waals surface area contributed by atoms with Gasteiger partial charge in [0.15, 0.2) is 0 Å². The maximum atomic E-state index is 12.4. The van der Waals surface area contributed by atoms with E-state index in [0.29, 0.717) is 6.42 Å². The average Bonchev–Trinajstić information content (AvgIpc) is 3.09. The van der Waals surface area contributed by atoms with Crippen molar-refractivity contribution in [2.75, 3.05) is 0 Å². The molecule has 118 valence electrons. The van der Waals surface area contributed by atoms with E-state index in [9.17, 15) is 14.7 Å². The van der Waals surface area contributed by atoms with Crippen LogP contribution >= 0.6 is 15.9 Å². The standard InChI is InChI=1S/C17H20BrNO3/c1-2-3-14(16(21)22)19-15(20)13-9-17(13)7-6-10-8-11(18)4-5-12(10)17/h4-5,8,13-14H,2-3,6-7,9H2,1H3,(H,19,20)(H,21,22). The van der Waals surface area contributed by atoms with Crippen molar-refractivity contribution < 1.29 is 14.7 Å². The molecule has 2 N–H and O–H groups in total. The molecule has 1 amide bonds. The van der Waals surface area contributed by atoms with E-state index >= 15 is 0 Å². The van der Waals surface area contributed by atoms with Gasteiger partial charge in [0.05, 0.1) is 0 Å². The van der Waals surface area contributed by atoms with Crippen LogP contribution in [0, 0.1) is 5.92 Å². The number of hydrogen-bond acceptors (Lipinski definition) is 2. The molecule has 1 spiro atoms. The number of halogens is 1. The maximum Gasteiger partial charge on any atom is 0.326 e. The Morgan fingerprint density at radius 2 is 2.27 bits per heavy atom. The number of hydrogen-bond donors (Lipinski definition) is 2. The number of aliphatic carboxylic acids is 1. The summed E-state index contributed by atoms with van der Waals surface area (Å²) in [7, 11) is 0. The van der Waals surface area contributed by atoms with Crippen LogP contribution in [0.25, 0.3) is 0 Å². The summed E-state index contributed by atoms with van der Waals surface area (Å²) in [6.07, 6.45) is 4.04. The molecule has 1 aromatic carbocycles. The maximum absolute atomic E-state index is 12.4. The van der Waals surface area contributed by atoms with E-state index in [1.54, 1.807) is 0 Å². The Bertz CT molecular complexity index is 630. The fourth-order valence-corrected chi connectivity index (χ4v) is 4.20. The fourth-order valence-electron chi connectivity index (χ4n) is 3.79. The molecule has 2 aliphatic rings. The van der Waals surface area contributed by atoms with Crippen LogP contribution in [0.15, 0.2) is 22.7 Å². The molecular weight excluding hydrogens is 346 g/mol. The number of benzene rings is 1. The van der Waals surface area contributed by atoms with E-state index < -0.39 is 12.0 Å². The van der Waals surface area contributed by atoms with Gasteiger partial charge in [-0.05, 0) is 48.9 Å². The molecule has 3 atom stereocenters. The quantitative estimate of drug-likeness (QED) is 0.842. The molecule has 0 aliphatic heterocycles. The van der Waals surface area contributed by atoms with Crippen molar-refractivity contribution in [2.24, 2.45) is 5.92 Å². The van der Waals surface area contributed by atoms with Crippen LogP contribution in [0.5, 0.6) is 0 Å². The minimum atomic E-state index is -0.944. The Labute approximate surface area is 138 Å². The third-order valence-electron chi connectivity index (χ3n) is 5.03. The topological polar surface area (TPSA) is 66.4 Å². The van der Waals surface area contributed by atoms with Crippen LogP contribution in [0.2, 0.25) is 0 Å². The van der Waals surface area contributed by atoms with Crippen LogP contribution in [0.1, 0.15) is 43.7 Å². The van der Waals surface area contributed by atoms with Gasteiger partial charge in [-0.2, -0.15) is 0 Å². The number of carboxylic acid groups (broad SMARTS) is 1. The molecule has 5 heteroatoms. The molecule has 0 bridgehead atoms. The van der Waals surface area contributed by atoms with E-state index in [-0.39, 0.29) is 17.2 Å². The fraction of sp³-hybridized carbons (Fsp3) is 0.529. The van der Waals surface area contributed by atoms with Crippen molar-refractivity contribution in [1.82, 2.24) is 5.32 Å². The van der Waals surface area contributed by atoms with Crippen molar-refractivity contribution >= 4 is 27.8 Å². The summed E-state index contributed by atoms with van der Waals surface area (Å²) in [6, 6.07) is 5.51. The molecule has 0 aromatic heterocycles. The number of carbonyl (C=O) groups excluding carboxylic acids is 1. The number of nitrogens with one attached hydrogen (secondary N) is 1. The molecule has 3 unspecified atom stereocenters. The minimum Gasteiger partial charge on any atom is -0.480 e. The van der Waals surface area contributed by atoms with Gasteiger partial charge >= 0.3 is 5.97 Å². The van der Waals surface area contributed by atoms with Gasteiger partial charge in [-0.15, -0.1) is 0 Å². The van der Waals surface area contributed by atoms with Gasteiger partial charge in [0, 0.05) is 15.8 Å². The van der Waals surface area contributed by atoms with Gasteiger partial charge in [0.2, 0.25) is 5.91 Å². The van der Waals surface area contributed by atoms with Gasteiger partial charge in [0.25, 0.3) is 0 Å². The van der Waals surface area contributed by atoms with Gasteiger partial charge < -0.3 is 10.4 Å². The lowest BCUT2D eigenvalue weighted by atomic mass is 9.95. The lowest BCUT2D eigenvalue weighted by Gasteiger charge is -2.16. The summed E-state index contributed by atoms with van der Waals surface area (Å²) < 4.78 is 1.07. The van der Waals surface area contributed by atoms with Crippen molar-refractivity contribution in [3.63, 3.8) is 0 Å². The summed E-state index contributed by atoms with van der Waals surface area (Å²) in [4.78, 5) is 23.6. The summed E-state index contributed by atoms with van der Waals surface area (Å²) >= 11 is 3.49. The zero-order valence-electron chi connectivity index (χ0n) is 12.6. The third kappa shape index (κ3) is 2.56. The monoisotopic (exact) mass is 365 g/mol. The summed E-state index contributed by atoms with van der Waals surface area (Å²) in [5.41, 5.74) is 2.54. The zero-order valence-corrected chi connectivity index (χ0v) is 14.1. The number of fused-ring (bicyclic) bond motifs is 2. The molecule has 4 nitrogen and oxygen atoms in total. The second kappa shape index (κ2) is 5.69. The first kappa shape index (κ1) is 15.5. The normalized spacial score (nSPS) is 26.5. The van der Waals surface area contributed by atoms with Crippen LogP contribution in [-0.4, -0.2) is 23.0 Å². The van der Waals surface area contributed by atoms with Crippen molar-refractivity contribution in [1.29, 1.82) is 0 Å². The van der Waals surface area contributed by atoms with E-state index in [1.807, 2.05) is 13.0 Å². The first-order valence-corrected chi connectivity index (χ1v) is 8.59.